The van der Waals surface area contributed by atoms with Crippen LogP contribution in [0.3, 0.4) is 0 Å². The molecule has 0 N–H and O–H groups in total. The largest absolute Gasteiger partial charge is 0.456 e. The molecule has 0 unspecified atom stereocenters. The third-order valence-electron chi connectivity index (χ3n) is 8.15. The van der Waals surface area contributed by atoms with Crippen LogP contribution in [0.15, 0.2) is 134 Å². The molecule has 0 spiro atoms. The van der Waals surface area contributed by atoms with Gasteiger partial charge in [-0.1, -0.05) is 91.0 Å². The Kier molecular flexibility index (Phi) is 4.83. The van der Waals surface area contributed by atoms with E-state index >= 15 is 0 Å². The molecule has 1 aliphatic rings. The second kappa shape index (κ2) is 8.85. The zero-order valence-corrected chi connectivity index (χ0v) is 22.4. The van der Waals surface area contributed by atoms with Crippen molar-refractivity contribution in [2.24, 2.45) is 0 Å². The van der Waals surface area contributed by atoms with Crippen molar-refractivity contribution in [2.75, 3.05) is 0 Å². The minimum atomic E-state index is 0.598. The topological polar surface area (TPSA) is 52.8 Å². The van der Waals surface area contributed by atoms with Crippen molar-refractivity contribution in [2.45, 2.75) is 0 Å². The highest BCUT2D eigenvalue weighted by atomic mass is 16.5. The van der Waals surface area contributed by atoms with Gasteiger partial charge < -0.3 is 4.74 Å². The van der Waals surface area contributed by atoms with Crippen LogP contribution in [0.1, 0.15) is 0 Å². The van der Waals surface area contributed by atoms with E-state index in [-0.39, 0.29) is 0 Å². The molecule has 9 rings (SSSR count). The van der Waals surface area contributed by atoms with E-state index in [2.05, 4.69) is 99.5 Å². The molecule has 0 bridgehead atoms. The Morgan fingerprint density at radius 3 is 2.24 bits per heavy atom. The minimum Gasteiger partial charge on any atom is -0.456 e. The van der Waals surface area contributed by atoms with Crippen LogP contribution < -0.4 is 4.74 Å². The molecule has 3 heterocycles. The molecule has 42 heavy (non-hydrogen) atoms. The summed E-state index contributed by atoms with van der Waals surface area (Å²) < 4.78 is 8.47. The Morgan fingerprint density at radius 1 is 0.524 bits per heavy atom. The van der Waals surface area contributed by atoms with Gasteiger partial charge in [0.25, 0.3) is 0 Å². The monoisotopic (exact) mass is 538 g/mol. The van der Waals surface area contributed by atoms with Crippen LogP contribution in [0.4, 0.5) is 0 Å². The Bertz CT molecular complexity index is 2330. The lowest BCUT2D eigenvalue weighted by Gasteiger charge is -2.22. The van der Waals surface area contributed by atoms with Gasteiger partial charge in [-0.2, -0.15) is 4.98 Å². The summed E-state index contributed by atoms with van der Waals surface area (Å²) in [4.78, 5) is 13.9. The normalized spacial score (nSPS) is 12.0. The zero-order chi connectivity index (χ0) is 27.6. The van der Waals surface area contributed by atoms with Gasteiger partial charge in [0.1, 0.15) is 17.8 Å². The Morgan fingerprint density at radius 2 is 1.31 bits per heavy atom. The lowest BCUT2D eigenvalue weighted by atomic mass is 9.92. The molecule has 0 radical (unpaired) electrons. The van der Waals surface area contributed by atoms with Crippen molar-refractivity contribution in [3.8, 4) is 51.1 Å². The maximum absolute atomic E-state index is 6.34. The van der Waals surface area contributed by atoms with Gasteiger partial charge in [-0.25, -0.2) is 9.97 Å². The van der Waals surface area contributed by atoms with Gasteiger partial charge in [0.2, 0.25) is 5.95 Å². The van der Waals surface area contributed by atoms with E-state index in [9.17, 15) is 0 Å². The zero-order valence-electron chi connectivity index (χ0n) is 22.4. The minimum absolute atomic E-state index is 0.598. The van der Waals surface area contributed by atoms with E-state index in [4.69, 9.17) is 9.72 Å². The number of hydrogen-bond donors (Lipinski definition) is 0. The molecular formula is C37H22N4O. The van der Waals surface area contributed by atoms with Crippen molar-refractivity contribution in [1.82, 2.24) is 19.5 Å². The molecule has 2 aromatic heterocycles. The molecule has 0 aliphatic carbocycles. The number of para-hydroxylation sites is 1. The maximum atomic E-state index is 6.34. The molecule has 5 nitrogen and oxygen atoms in total. The molecule has 0 amide bonds. The fourth-order valence-electron chi connectivity index (χ4n) is 6.23. The number of fused-ring (bicyclic) bond motifs is 5. The summed E-state index contributed by atoms with van der Waals surface area (Å²) in [7, 11) is 0. The predicted molar refractivity (Wildman–Crippen MR) is 168 cm³/mol. The molecule has 0 saturated carbocycles. The van der Waals surface area contributed by atoms with Crippen LogP contribution in [0.25, 0.3) is 72.2 Å². The highest BCUT2D eigenvalue weighted by molar-refractivity contribution is 6.10. The molecule has 6 aromatic carbocycles. The number of hydrogen-bond acceptors (Lipinski definition) is 4. The van der Waals surface area contributed by atoms with Gasteiger partial charge in [-0.05, 0) is 58.5 Å². The first-order chi connectivity index (χ1) is 20.8. The van der Waals surface area contributed by atoms with Crippen LogP contribution in [0.2, 0.25) is 0 Å². The van der Waals surface area contributed by atoms with Crippen molar-refractivity contribution in [1.29, 1.82) is 0 Å². The van der Waals surface area contributed by atoms with Gasteiger partial charge in [0, 0.05) is 27.3 Å². The smallest absolute Gasteiger partial charge is 0.238 e. The van der Waals surface area contributed by atoms with Gasteiger partial charge >= 0.3 is 0 Å². The average Bonchev–Trinajstić information content (AvgIpc) is 3.39. The van der Waals surface area contributed by atoms with Crippen LogP contribution in [-0.2, 0) is 0 Å². The standard InChI is InChI=1S/C37H22N4O/c1-2-8-24(9-3-1)36-38-22-39-37(40-36)41-31-14-5-4-12-27(31)29-20-25(16-18-32(29)41)26-17-19-33-30(21-26)28-13-6-10-23-11-7-15-34(42-33)35(23)28/h1-22H. The van der Waals surface area contributed by atoms with Crippen LogP contribution in [0, 0.1) is 0 Å². The number of nitrogens with zero attached hydrogens (tertiary/aromatic N) is 4. The van der Waals surface area contributed by atoms with Crippen LogP contribution in [-0.4, -0.2) is 19.5 Å². The highest BCUT2D eigenvalue weighted by Crippen LogP contribution is 2.47. The Balaban J connectivity index is 1.21. The maximum Gasteiger partial charge on any atom is 0.238 e. The van der Waals surface area contributed by atoms with Gasteiger partial charge in [-0.15, -0.1) is 0 Å². The van der Waals surface area contributed by atoms with E-state index < -0.39 is 0 Å². The van der Waals surface area contributed by atoms with E-state index in [1.165, 1.54) is 10.9 Å². The van der Waals surface area contributed by atoms with Crippen LogP contribution >= 0.6 is 0 Å². The summed E-state index contributed by atoms with van der Waals surface area (Å²) in [5.74, 6) is 3.04. The van der Waals surface area contributed by atoms with E-state index in [0.717, 1.165) is 60.9 Å². The van der Waals surface area contributed by atoms with Gasteiger partial charge in [0.15, 0.2) is 5.82 Å². The van der Waals surface area contributed by atoms with E-state index in [1.807, 2.05) is 42.5 Å². The average molecular weight is 539 g/mol. The number of ether oxygens (including phenoxy) is 1. The Labute approximate surface area is 241 Å². The number of rotatable bonds is 3. The summed E-state index contributed by atoms with van der Waals surface area (Å²) >= 11 is 0. The molecule has 0 atom stereocenters. The molecule has 196 valence electrons. The van der Waals surface area contributed by atoms with Crippen LogP contribution in [0.5, 0.6) is 11.5 Å². The van der Waals surface area contributed by atoms with Crippen molar-refractivity contribution in [3.05, 3.63) is 134 Å². The first-order valence-electron chi connectivity index (χ1n) is 13.9. The molecule has 0 saturated heterocycles. The number of aromatic nitrogens is 4. The number of benzene rings is 6. The fourth-order valence-corrected chi connectivity index (χ4v) is 6.23. The van der Waals surface area contributed by atoms with E-state index in [0.29, 0.717) is 11.8 Å². The predicted octanol–water partition coefficient (Wildman–Crippen LogP) is 9.23. The lowest BCUT2D eigenvalue weighted by molar-refractivity contribution is 0.487. The summed E-state index contributed by atoms with van der Waals surface area (Å²) in [5.41, 5.74) is 7.64. The second-order valence-electron chi connectivity index (χ2n) is 10.5. The molecule has 8 aromatic rings. The van der Waals surface area contributed by atoms with Gasteiger partial charge in [0.05, 0.1) is 11.0 Å². The fraction of sp³-hybridized carbons (Fsp3) is 0. The summed E-state index contributed by atoms with van der Waals surface area (Å²) in [6.45, 7) is 0. The molecule has 0 fully saturated rings. The first kappa shape index (κ1) is 22.9. The van der Waals surface area contributed by atoms with Gasteiger partial charge in [-0.3, -0.25) is 4.57 Å². The SMILES string of the molecule is c1ccc(-c2ncnc(-n3c4ccccc4c4cc(-c5ccc6c(c5)-c5cccc7cccc(c57)O6)ccc43)n2)cc1. The first-order valence-corrected chi connectivity index (χ1v) is 13.9. The lowest BCUT2D eigenvalue weighted by Crippen LogP contribution is -2.03. The second-order valence-corrected chi connectivity index (χ2v) is 10.5. The Hall–Kier alpha value is -5.81. The van der Waals surface area contributed by atoms with Crippen molar-refractivity contribution < 1.29 is 4.74 Å². The summed E-state index contributed by atoms with van der Waals surface area (Å²) in [6.07, 6.45) is 1.59. The molecule has 1 aliphatic heterocycles. The molecule has 5 heteroatoms. The third kappa shape index (κ3) is 3.40. The summed E-state index contributed by atoms with van der Waals surface area (Å²) in [5, 5.41) is 4.64. The van der Waals surface area contributed by atoms with Crippen molar-refractivity contribution >= 4 is 32.6 Å². The van der Waals surface area contributed by atoms with E-state index in [1.54, 1.807) is 6.33 Å². The summed E-state index contributed by atoms with van der Waals surface area (Å²) in [6, 6.07) is 44.2. The van der Waals surface area contributed by atoms with Crippen molar-refractivity contribution in [3.63, 3.8) is 0 Å². The third-order valence-corrected chi connectivity index (χ3v) is 8.15. The quantitative estimate of drug-likeness (QED) is 0.225. The highest BCUT2D eigenvalue weighted by Gasteiger charge is 2.21. The molecular weight excluding hydrogens is 516 g/mol.